The van der Waals surface area contributed by atoms with Crippen LogP contribution in [0.15, 0.2) is 0 Å². The van der Waals surface area contributed by atoms with Crippen LogP contribution in [0.4, 0.5) is 9.59 Å². The standard InChI is InChI=1S/C21H32ClN5O5/c1-5-14-17(22)25-18(23-14)19(28)24-15-9-10-26(12-16(15)32-6-2)20(29)27(21(30)31-4)11-7-8-13(27)3/h13,15-16H,5-12H2,1-4H3,(H-,23,24,25,28)/p+1/t13-,15?,16?,27+/m1/s1. The fourth-order valence-corrected chi connectivity index (χ4v) is 5.00. The maximum absolute atomic E-state index is 13.5. The topological polar surface area (TPSA) is 114 Å². The van der Waals surface area contributed by atoms with Gasteiger partial charge in [-0.1, -0.05) is 18.5 Å². The van der Waals surface area contributed by atoms with E-state index in [4.69, 9.17) is 21.1 Å². The second kappa shape index (κ2) is 10.2. The van der Waals surface area contributed by atoms with E-state index >= 15 is 0 Å². The number of nitrogens with zero attached hydrogens (tertiary/aromatic N) is 3. The van der Waals surface area contributed by atoms with Crippen LogP contribution in [-0.2, 0) is 15.9 Å². The number of nitrogens with one attached hydrogen (secondary N) is 2. The molecule has 3 rings (SSSR count). The van der Waals surface area contributed by atoms with E-state index in [1.165, 1.54) is 7.11 Å². The first-order chi connectivity index (χ1) is 15.3. The van der Waals surface area contributed by atoms with E-state index in [1.807, 2.05) is 20.8 Å². The highest BCUT2D eigenvalue weighted by Gasteiger charge is 2.56. The second-order valence-corrected chi connectivity index (χ2v) is 8.71. The number of methoxy groups -OCH3 is 1. The lowest BCUT2D eigenvalue weighted by molar-refractivity contribution is -0.791. The number of piperidine rings is 1. The zero-order valence-electron chi connectivity index (χ0n) is 19.1. The number of aromatic nitrogens is 2. The monoisotopic (exact) mass is 470 g/mol. The minimum Gasteiger partial charge on any atom is -0.423 e. The van der Waals surface area contributed by atoms with E-state index < -0.39 is 12.2 Å². The van der Waals surface area contributed by atoms with Crippen LogP contribution < -0.4 is 5.32 Å². The maximum atomic E-state index is 13.5. The molecule has 1 aromatic rings. The van der Waals surface area contributed by atoms with Crippen molar-refractivity contribution < 1.29 is 28.3 Å². The van der Waals surface area contributed by atoms with Gasteiger partial charge < -0.3 is 19.8 Å². The molecule has 2 unspecified atom stereocenters. The minimum atomic E-state index is -0.523. The number of rotatable bonds is 5. The molecule has 2 aliphatic heterocycles. The van der Waals surface area contributed by atoms with E-state index in [-0.39, 0.29) is 46.0 Å². The van der Waals surface area contributed by atoms with Crippen molar-refractivity contribution >= 4 is 29.6 Å². The predicted molar refractivity (Wildman–Crippen MR) is 117 cm³/mol. The fraction of sp³-hybridized carbons (Fsp3) is 0.714. The van der Waals surface area contributed by atoms with Crippen molar-refractivity contribution in [2.75, 3.05) is 33.4 Å². The smallest absolute Gasteiger partial charge is 0.423 e. The van der Waals surface area contributed by atoms with Gasteiger partial charge in [0, 0.05) is 26.0 Å². The summed E-state index contributed by atoms with van der Waals surface area (Å²) < 4.78 is 10.6. The Morgan fingerprint density at radius 1 is 1.31 bits per heavy atom. The van der Waals surface area contributed by atoms with Gasteiger partial charge in [0.05, 0.1) is 38.0 Å². The first-order valence-electron chi connectivity index (χ1n) is 11.2. The molecule has 0 bridgehead atoms. The molecular weight excluding hydrogens is 438 g/mol. The maximum Gasteiger partial charge on any atom is 0.525 e. The summed E-state index contributed by atoms with van der Waals surface area (Å²) in [6.45, 7) is 7.24. The van der Waals surface area contributed by atoms with Crippen molar-refractivity contribution in [3.8, 4) is 0 Å². The average Bonchev–Trinajstić information content (AvgIpc) is 3.36. The van der Waals surface area contributed by atoms with Gasteiger partial charge in [0.25, 0.3) is 5.91 Å². The van der Waals surface area contributed by atoms with Gasteiger partial charge in [0.1, 0.15) is 6.04 Å². The Bertz CT molecular complexity index is 862. The van der Waals surface area contributed by atoms with E-state index in [2.05, 4.69) is 15.3 Å². The number of ether oxygens (including phenoxy) is 2. The Morgan fingerprint density at radius 2 is 2.06 bits per heavy atom. The third-order valence-electron chi connectivity index (χ3n) is 6.55. The molecule has 178 valence electrons. The molecule has 2 aliphatic rings. The van der Waals surface area contributed by atoms with Gasteiger partial charge >= 0.3 is 12.1 Å². The summed E-state index contributed by atoms with van der Waals surface area (Å²) in [4.78, 5) is 47.6. The van der Waals surface area contributed by atoms with Crippen LogP contribution in [0.5, 0.6) is 0 Å². The van der Waals surface area contributed by atoms with Crippen LogP contribution in [0.3, 0.4) is 0 Å². The zero-order valence-corrected chi connectivity index (χ0v) is 19.9. The number of amides is 4. The zero-order chi connectivity index (χ0) is 23.5. The van der Waals surface area contributed by atoms with Crippen LogP contribution in [-0.4, -0.2) is 88.9 Å². The molecule has 11 heteroatoms. The highest BCUT2D eigenvalue weighted by Crippen LogP contribution is 2.31. The quantitative estimate of drug-likeness (QED) is 0.639. The molecule has 2 saturated heterocycles. The van der Waals surface area contributed by atoms with E-state index in [9.17, 15) is 14.4 Å². The molecule has 3 heterocycles. The number of quaternary nitrogens is 1. The van der Waals surface area contributed by atoms with Gasteiger partial charge in [-0.3, -0.25) is 9.69 Å². The molecule has 4 atom stereocenters. The number of likely N-dealkylation sites (tertiary alicyclic amines) is 2. The van der Waals surface area contributed by atoms with Crippen LogP contribution in [0, 0.1) is 0 Å². The molecule has 4 amide bonds. The Kier molecular flexibility index (Phi) is 7.79. The van der Waals surface area contributed by atoms with Crippen LogP contribution in [0.25, 0.3) is 0 Å². The van der Waals surface area contributed by atoms with Crippen molar-refractivity contribution in [1.82, 2.24) is 20.2 Å². The number of aromatic amines is 1. The van der Waals surface area contributed by atoms with E-state index in [0.29, 0.717) is 38.2 Å². The molecule has 10 nitrogen and oxygen atoms in total. The summed E-state index contributed by atoms with van der Waals surface area (Å²) in [5.41, 5.74) is 0.704. The molecule has 0 spiro atoms. The number of H-pyrrole nitrogens is 1. The number of carbonyl (C=O) groups excluding carboxylic acids is 3. The highest BCUT2D eigenvalue weighted by atomic mass is 35.5. The number of aryl methyl sites for hydroxylation is 1. The van der Waals surface area contributed by atoms with Gasteiger partial charge in [0.15, 0.2) is 11.0 Å². The number of hydrogen-bond donors (Lipinski definition) is 2. The lowest BCUT2D eigenvalue weighted by Gasteiger charge is -2.41. The summed E-state index contributed by atoms with van der Waals surface area (Å²) in [6.07, 6.45) is 1.77. The number of hydrogen-bond acceptors (Lipinski definition) is 6. The minimum absolute atomic E-state index is 0.144. The van der Waals surface area contributed by atoms with Gasteiger partial charge in [0.2, 0.25) is 0 Å². The van der Waals surface area contributed by atoms with E-state index in [1.54, 1.807) is 4.90 Å². The molecule has 1 aromatic heterocycles. The van der Waals surface area contributed by atoms with Crippen molar-refractivity contribution in [3.05, 3.63) is 16.7 Å². The van der Waals surface area contributed by atoms with E-state index in [0.717, 1.165) is 12.8 Å². The van der Waals surface area contributed by atoms with Gasteiger partial charge in [-0.2, -0.15) is 4.79 Å². The summed E-state index contributed by atoms with van der Waals surface area (Å²) in [7, 11) is 1.32. The molecule has 2 fully saturated rings. The lowest BCUT2D eigenvalue weighted by atomic mass is 10.0. The summed E-state index contributed by atoms with van der Waals surface area (Å²) in [6, 6.07) is -0.709. The molecule has 0 radical (unpaired) electrons. The summed E-state index contributed by atoms with van der Waals surface area (Å²) in [5, 5.41) is 3.25. The summed E-state index contributed by atoms with van der Waals surface area (Å²) >= 11 is 6.06. The van der Waals surface area contributed by atoms with Gasteiger partial charge in [-0.05, 0) is 26.7 Å². The second-order valence-electron chi connectivity index (χ2n) is 8.35. The Hall–Kier alpha value is -2.17. The molecule has 0 aliphatic carbocycles. The van der Waals surface area contributed by atoms with Crippen LogP contribution in [0.1, 0.15) is 56.3 Å². The number of halogens is 1. The number of imidazole rings is 1. The van der Waals surface area contributed by atoms with Gasteiger partial charge in [-0.25, -0.2) is 9.78 Å². The highest BCUT2D eigenvalue weighted by molar-refractivity contribution is 6.30. The molecule has 2 N–H and O–H groups in total. The van der Waals surface area contributed by atoms with Crippen molar-refractivity contribution in [2.45, 2.75) is 64.6 Å². The van der Waals surface area contributed by atoms with Gasteiger partial charge in [-0.15, -0.1) is 4.48 Å². The largest absolute Gasteiger partial charge is 0.525 e. The molecule has 32 heavy (non-hydrogen) atoms. The van der Waals surface area contributed by atoms with Crippen molar-refractivity contribution in [3.63, 3.8) is 0 Å². The molecule has 0 saturated carbocycles. The van der Waals surface area contributed by atoms with Crippen molar-refractivity contribution in [1.29, 1.82) is 0 Å². The third kappa shape index (κ3) is 4.49. The number of imide groups is 1. The lowest BCUT2D eigenvalue weighted by Crippen LogP contribution is -2.66. The third-order valence-corrected chi connectivity index (χ3v) is 6.86. The van der Waals surface area contributed by atoms with Crippen LogP contribution in [0.2, 0.25) is 5.15 Å². The van der Waals surface area contributed by atoms with Crippen molar-refractivity contribution in [2.24, 2.45) is 0 Å². The normalized spacial score (nSPS) is 27.9. The SMILES string of the molecule is CCOC1CN(C(=O)[N@+]2(C(=O)OC)CCC[C@H]2C)CCC1NC(=O)c1nc(Cl)c(CC)[nH]1. The Labute approximate surface area is 193 Å². The predicted octanol–water partition coefficient (Wildman–Crippen LogP) is 2.72. The number of urea groups is 1. The Balaban J connectivity index is 1.73. The first-order valence-corrected chi connectivity index (χ1v) is 11.6. The van der Waals surface area contributed by atoms with Crippen LogP contribution >= 0.6 is 11.6 Å². The Morgan fingerprint density at radius 3 is 2.62 bits per heavy atom. The number of carbonyl (C=O) groups is 3. The average molecular weight is 471 g/mol. The molecular formula is C21H33ClN5O5+. The summed E-state index contributed by atoms with van der Waals surface area (Å²) in [5.74, 6) is -0.214. The fourth-order valence-electron chi connectivity index (χ4n) is 4.73. The first kappa shape index (κ1) is 24.5. The molecule has 0 aromatic carbocycles.